The smallest absolute Gasteiger partial charge is 0.313 e. The van der Waals surface area contributed by atoms with Crippen LogP contribution in [0.5, 0.6) is 0 Å². The van der Waals surface area contributed by atoms with E-state index in [4.69, 9.17) is 9.47 Å². The molecular weight excluding hydrogens is 586 g/mol. The Morgan fingerprint density at radius 3 is 2.52 bits per heavy atom. The zero-order chi connectivity index (χ0) is 33.6. The molecule has 0 radical (unpaired) electrons. The van der Waals surface area contributed by atoms with E-state index < -0.39 is 53.7 Å². The molecule has 2 N–H and O–H groups in total. The molecular formula is C36H51N3O7. The summed E-state index contributed by atoms with van der Waals surface area (Å²) in [5, 5.41) is 13.3. The van der Waals surface area contributed by atoms with Crippen molar-refractivity contribution in [1.82, 2.24) is 15.1 Å². The zero-order valence-corrected chi connectivity index (χ0v) is 27.7. The highest BCUT2D eigenvalue weighted by Gasteiger charge is 2.75. The molecule has 3 aliphatic heterocycles. The second-order valence-corrected chi connectivity index (χ2v) is 12.9. The second-order valence-electron chi connectivity index (χ2n) is 12.9. The highest BCUT2D eigenvalue weighted by Crippen LogP contribution is 2.59. The maximum atomic E-state index is 14.5. The third-order valence-corrected chi connectivity index (χ3v) is 9.96. The van der Waals surface area contributed by atoms with Crippen molar-refractivity contribution in [3.63, 3.8) is 0 Å². The number of likely N-dealkylation sites (tertiary alicyclic amines) is 1. The minimum atomic E-state index is -1.22. The second kappa shape index (κ2) is 15.4. The number of fused-ring (bicyclic) bond motifs is 1. The van der Waals surface area contributed by atoms with E-state index in [0.29, 0.717) is 37.8 Å². The topological polar surface area (TPSA) is 125 Å². The molecule has 0 aromatic heterocycles. The number of nitrogens with zero attached hydrogens (tertiary/aromatic N) is 2. The predicted molar refractivity (Wildman–Crippen MR) is 174 cm³/mol. The third-order valence-electron chi connectivity index (χ3n) is 9.96. The van der Waals surface area contributed by atoms with Crippen LogP contribution in [0.3, 0.4) is 0 Å². The van der Waals surface area contributed by atoms with Crippen LogP contribution in [0.25, 0.3) is 0 Å². The van der Waals surface area contributed by atoms with Crippen molar-refractivity contribution in [2.45, 2.75) is 115 Å². The van der Waals surface area contributed by atoms with Gasteiger partial charge in [0.05, 0.1) is 36.6 Å². The normalized spacial score (nSPS) is 27.3. The molecule has 2 bridgehead atoms. The molecule has 0 saturated carbocycles. The Labute approximate surface area is 273 Å². The number of aliphatic hydroxyl groups is 1. The fourth-order valence-corrected chi connectivity index (χ4v) is 7.74. The van der Waals surface area contributed by atoms with Crippen molar-refractivity contribution in [2.24, 2.45) is 11.8 Å². The van der Waals surface area contributed by atoms with Gasteiger partial charge in [0.2, 0.25) is 17.7 Å². The molecule has 3 heterocycles. The summed E-state index contributed by atoms with van der Waals surface area (Å²) in [6.45, 7) is 15.2. The monoisotopic (exact) mass is 637 g/mol. The standard InChI is InChI=1S/C36H51N3O7/c1-7-11-18-28(41)37-24(6)31(25-16-13-12-14-17-25)45-35(44)29-27-19-20-36(46-27)30(29)33(42)39(26(10-4)22-40)32(36)34(43)38(21-9-3)23(5)15-8-2/h7,9,12-14,16-17,23-24,26-27,29-32,40H,1,3,8,10-11,15,18-22H2,2,4-6H3,(H,37,41)/t23?,24-,26+,27+,29-,30-,31-,32+,36-/m1/s1. The van der Waals surface area contributed by atoms with E-state index in [1.165, 1.54) is 4.90 Å². The van der Waals surface area contributed by atoms with Crippen LogP contribution < -0.4 is 5.32 Å². The summed E-state index contributed by atoms with van der Waals surface area (Å²) in [6.07, 6.45) is 5.72. The van der Waals surface area contributed by atoms with Crippen LogP contribution in [0, 0.1) is 11.8 Å². The fourth-order valence-electron chi connectivity index (χ4n) is 7.74. The zero-order valence-electron chi connectivity index (χ0n) is 27.7. The first kappa shape index (κ1) is 35.4. The first-order valence-electron chi connectivity index (χ1n) is 16.8. The summed E-state index contributed by atoms with van der Waals surface area (Å²) < 4.78 is 12.8. The lowest BCUT2D eigenvalue weighted by atomic mass is 9.70. The molecule has 1 aromatic rings. The van der Waals surface area contributed by atoms with Gasteiger partial charge in [0.1, 0.15) is 17.7 Å². The number of rotatable bonds is 17. The number of allylic oxidation sites excluding steroid dienone is 1. The van der Waals surface area contributed by atoms with Crippen LogP contribution in [-0.4, -0.2) is 87.6 Å². The van der Waals surface area contributed by atoms with Crippen molar-refractivity contribution in [1.29, 1.82) is 0 Å². The van der Waals surface area contributed by atoms with Gasteiger partial charge in [-0.05, 0) is 51.5 Å². The first-order valence-corrected chi connectivity index (χ1v) is 16.8. The van der Waals surface area contributed by atoms with Gasteiger partial charge in [-0.25, -0.2) is 0 Å². The molecule has 46 heavy (non-hydrogen) atoms. The highest BCUT2D eigenvalue weighted by molar-refractivity contribution is 5.98. The number of benzene rings is 1. The van der Waals surface area contributed by atoms with Gasteiger partial charge in [0, 0.05) is 19.0 Å². The van der Waals surface area contributed by atoms with E-state index in [1.54, 1.807) is 24.0 Å². The number of carbonyl (C=O) groups excluding carboxylic acids is 4. The van der Waals surface area contributed by atoms with Crippen molar-refractivity contribution in [3.8, 4) is 0 Å². The largest absolute Gasteiger partial charge is 0.455 e. The molecule has 10 heteroatoms. The van der Waals surface area contributed by atoms with Crippen LogP contribution in [0.2, 0.25) is 0 Å². The number of nitrogens with one attached hydrogen (secondary N) is 1. The Morgan fingerprint density at radius 1 is 1.20 bits per heavy atom. The van der Waals surface area contributed by atoms with E-state index in [9.17, 15) is 24.3 Å². The lowest BCUT2D eigenvalue weighted by Crippen LogP contribution is -2.60. The average Bonchev–Trinajstić information content (AvgIpc) is 3.69. The minimum absolute atomic E-state index is 0.105. The van der Waals surface area contributed by atoms with E-state index in [1.807, 2.05) is 44.2 Å². The van der Waals surface area contributed by atoms with E-state index in [2.05, 4.69) is 25.4 Å². The van der Waals surface area contributed by atoms with Gasteiger partial charge in [0.25, 0.3) is 0 Å². The lowest BCUT2D eigenvalue weighted by molar-refractivity contribution is -0.162. The molecule has 9 atom stereocenters. The third kappa shape index (κ3) is 6.65. The van der Waals surface area contributed by atoms with Gasteiger partial charge in [-0.2, -0.15) is 0 Å². The predicted octanol–water partition coefficient (Wildman–Crippen LogP) is 4.09. The van der Waals surface area contributed by atoms with E-state index in [0.717, 1.165) is 12.8 Å². The van der Waals surface area contributed by atoms with Crippen molar-refractivity contribution < 1.29 is 33.8 Å². The van der Waals surface area contributed by atoms with Gasteiger partial charge >= 0.3 is 5.97 Å². The Morgan fingerprint density at radius 2 is 1.91 bits per heavy atom. The molecule has 1 unspecified atom stereocenters. The summed E-state index contributed by atoms with van der Waals surface area (Å²) in [5.74, 6) is -3.28. The minimum Gasteiger partial charge on any atom is -0.455 e. The van der Waals surface area contributed by atoms with Gasteiger partial charge in [0.15, 0.2) is 0 Å². The summed E-state index contributed by atoms with van der Waals surface area (Å²) >= 11 is 0. The molecule has 1 aromatic carbocycles. The maximum Gasteiger partial charge on any atom is 0.313 e. The Kier molecular flexibility index (Phi) is 11.8. The Balaban J connectivity index is 1.69. The molecule has 4 rings (SSSR count). The summed E-state index contributed by atoms with van der Waals surface area (Å²) in [4.78, 5) is 59.1. The number of carbonyl (C=O) groups is 4. The van der Waals surface area contributed by atoms with E-state index >= 15 is 0 Å². The van der Waals surface area contributed by atoms with Gasteiger partial charge in [-0.3, -0.25) is 19.2 Å². The average molecular weight is 638 g/mol. The number of hydrogen-bond acceptors (Lipinski definition) is 7. The molecule has 1 spiro atoms. The van der Waals surface area contributed by atoms with Crippen LogP contribution in [0.15, 0.2) is 55.6 Å². The lowest BCUT2D eigenvalue weighted by Gasteiger charge is -2.40. The van der Waals surface area contributed by atoms with Gasteiger partial charge in [-0.1, -0.05) is 62.8 Å². The number of hydrogen-bond donors (Lipinski definition) is 2. The molecule has 3 fully saturated rings. The van der Waals surface area contributed by atoms with Crippen LogP contribution in [-0.2, 0) is 28.7 Å². The fraction of sp³-hybridized carbons (Fsp3) is 0.611. The molecule has 3 amide bonds. The Hall–Kier alpha value is -3.50. The maximum absolute atomic E-state index is 14.5. The molecule has 3 saturated heterocycles. The summed E-state index contributed by atoms with van der Waals surface area (Å²) in [6, 6.07) is 6.92. The summed E-state index contributed by atoms with van der Waals surface area (Å²) in [5.41, 5.74) is -0.515. The van der Waals surface area contributed by atoms with Crippen LogP contribution in [0.4, 0.5) is 0 Å². The van der Waals surface area contributed by atoms with Gasteiger partial charge < -0.3 is 29.7 Å². The van der Waals surface area contributed by atoms with Gasteiger partial charge in [-0.15, -0.1) is 13.2 Å². The highest BCUT2D eigenvalue weighted by atomic mass is 16.6. The van der Waals surface area contributed by atoms with Crippen molar-refractivity contribution in [2.75, 3.05) is 13.2 Å². The van der Waals surface area contributed by atoms with Crippen LogP contribution >= 0.6 is 0 Å². The molecule has 10 nitrogen and oxygen atoms in total. The quantitative estimate of drug-likeness (QED) is 0.195. The van der Waals surface area contributed by atoms with Crippen molar-refractivity contribution >= 4 is 23.7 Å². The Bertz CT molecular complexity index is 1270. The number of aliphatic hydroxyl groups excluding tert-OH is 1. The first-order chi connectivity index (χ1) is 22.1. The van der Waals surface area contributed by atoms with E-state index in [-0.39, 0.29) is 36.8 Å². The SMILES string of the molecule is C=CCCC(=O)N[C@H](C)[C@@H](OC(=O)[C@@H]1[C@@H]2CC[C@]3(O2)[C@H](C(=O)N(CC=C)C(C)CCC)N([C@@H](CC)CO)C(=O)[C@@H]13)c1ccccc1. The molecule has 3 aliphatic rings. The number of ether oxygens (including phenoxy) is 2. The number of amides is 3. The van der Waals surface area contributed by atoms with Crippen LogP contribution in [0.1, 0.15) is 84.3 Å². The molecule has 252 valence electrons. The summed E-state index contributed by atoms with van der Waals surface area (Å²) in [7, 11) is 0. The number of esters is 1. The van der Waals surface area contributed by atoms with Crippen molar-refractivity contribution in [3.05, 3.63) is 61.2 Å². The molecule has 0 aliphatic carbocycles.